The van der Waals surface area contributed by atoms with Crippen LogP contribution in [0.1, 0.15) is 75.2 Å². The first-order valence-electron chi connectivity index (χ1n) is 16.0. The summed E-state index contributed by atoms with van der Waals surface area (Å²) >= 11 is 0. The molecule has 0 radical (unpaired) electrons. The summed E-state index contributed by atoms with van der Waals surface area (Å²) in [7, 11) is -3.43. The van der Waals surface area contributed by atoms with Crippen molar-refractivity contribution in [3.8, 4) is 5.75 Å². The second-order valence-electron chi connectivity index (χ2n) is 12.3. The fourth-order valence-electron chi connectivity index (χ4n) is 5.81. The predicted octanol–water partition coefficient (Wildman–Crippen LogP) is 5.02. The van der Waals surface area contributed by atoms with Crippen LogP contribution >= 0.6 is 0 Å². The monoisotopic (exact) mass is 629 g/mol. The number of hydrogen-bond acceptors (Lipinski definition) is 8. The Labute approximate surface area is 262 Å². The van der Waals surface area contributed by atoms with Crippen LogP contribution in [0.2, 0.25) is 0 Å². The molecule has 0 aromatic heterocycles. The molecule has 0 bridgehead atoms. The summed E-state index contributed by atoms with van der Waals surface area (Å²) in [5.74, 6) is 0.184. The van der Waals surface area contributed by atoms with Gasteiger partial charge in [0.25, 0.3) is 0 Å². The third-order valence-corrected chi connectivity index (χ3v) is 10.3. The number of carbonyl (C=O) groups is 1. The molecule has 3 heterocycles. The smallest absolute Gasteiger partial charge is 0.410 e. The maximum Gasteiger partial charge on any atom is 0.410 e. The minimum Gasteiger partial charge on any atom is -0.463 e. The van der Waals surface area contributed by atoms with Gasteiger partial charge in [0.15, 0.2) is 0 Å². The number of carbonyl (C=O) groups excluding carboxylic acids is 1. The van der Waals surface area contributed by atoms with E-state index in [9.17, 15) is 13.2 Å². The fraction of sp³-hybridized carbons (Fsp3) is 0.606. The second-order valence-corrected chi connectivity index (χ2v) is 14.2. The number of nitrogens with one attached hydrogen (secondary N) is 1. The number of ether oxygens (including phenoxy) is 4. The Morgan fingerprint density at radius 1 is 0.977 bits per heavy atom. The number of aryl methyl sites for hydroxylation is 1. The molecule has 11 heteroatoms. The third-order valence-electron chi connectivity index (χ3n) is 8.36. The molecule has 2 aromatic carbocycles. The SMILES string of the molecule is CC1(C)OCc2cc([C@@H]3CN(CCCCCCOCCCCc4cccc(S(=O)(=O)N5CCNCC5)c4)C(=O)O3)ccc2O1. The number of nitrogens with zero attached hydrogens (tertiary/aromatic N) is 2. The van der Waals surface area contributed by atoms with Gasteiger partial charge in [-0.15, -0.1) is 0 Å². The quantitative estimate of drug-likeness (QED) is 0.274. The average Bonchev–Trinajstić information content (AvgIpc) is 3.39. The maximum atomic E-state index is 12.9. The van der Waals surface area contributed by atoms with Gasteiger partial charge in [0.05, 0.1) is 18.0 Å². The lowest BCUT2D eigenvalue weighted by Gasteiger charge is -2.32. The van der Waals surface area contributed by atoms with Crippen molar-refractivity contribution < 1.29 is 32.2 Å². The van der Waals surface area contributed by atoms with Crippen LogP contribution in [0.5, 0.6) is 5.75 Å². The number of unbranched alkanes of at least 4 members (excludes halogenated alkanes) is 4. The van der Waals surface area contributed by atoms with Crippen molar-refractivity contribution in [1.82, 2.24) is 14.5 Å². The Kier molecular flexibility index (Phi) is 11.2. The van der Waals surface area contributed by atoms with E-state index in [0.29, 0.717) is 57.4 Å². The summed E-state index contributed by atoms with van der Waals surface area (Å²) in [6.45, 7) is 9.37. The standard InChI is InChI=1S/C33H47N3O7S/c1-33(2)41-25-28-23-27(13-14-30(28)43-33)31-24-35(32(37)42-31)17-6-3-4-7-20-40-21-8-5-10-26-11-9-12-29(22-26)44(38,39)36-18-15-34-16-19-36/h9,11-14,22-23,31,34H,3-8,10,15-21,24-25H2,1-2H3/t31-/m0/s1. The highest BCUT2D eigenvalue weighted by Crippen LogP contribution is 2.35. The fourth-order valence-corrected chi connectivity index (χ4v) is 7.33. The summed E-state index contributed by atoms with van der Waals surface area (Å²) in [4.78, 5) is 14.6. The van der Waals surface area contributed by atoms with Gasteiger partial charge >= 0.3 is 6.09 Å². The lowest BCUT2D eigenvalue weighted by atomic mass is 10.0. The molecule has 0 spiro atoms. The molecule has 2 fully saturated rings. The molecule has 1 atom stereocenters. The minimum atomic E-state index is -3.43. The Bertz CT molecular complexity index is 1360. The van der Waals surface area contributed by atoms with E-state index in [4.69, 9.17) is 18.9 Å². The van der Waals surface area contributed by atoms with Crippen LogP contribution in [0.15, 0.2) is 47.4 Å². The first-order chi connectivity index (χ1) is 21.2. The number of sulfonamides is 1. The van der Waals surface area contributed by atoms with Crippen LogP contribution in [0, 0.1) is 0 Å². The summed E-state index contributed by atoms with van der Waals surface area (Å²) in [5, 5.41) is 3.20. The van der Waals surface area contributed by atoms with E-state index in [1.54, 1.807) is 15.3 Å². The van der Waals surface area contributed by atoms with Gasteiger partial charge in [-0.05, 0) is 67.5 Å². The molecule has 1 N–H and O–H groups in total. The molecule has 3 aliphatic rings. The van der Waals surface area contributed by atoms with Gasteiger partial charge in [-0.2, -0.15) is 4.31 Å². The van der Waals surface area contributed by atoms with Gasteiger partial charge in [-0.25, -0.2) is 13.2 Å². The zero-order chi connectivity index (χ0) is 31.0. The molecule has 44 heavy (non-hydrogen) atoms. The molecule has 242 valence electrons. The molecule has 3 aliphatic heterocycles. The second kappa shape index (κ2) is 15.1. The molecule has 2 saturated heterocycles. The molecule has 5 rings (SSSR count). The van der Waals surface area contributed by atoms with Crippen LogP contribution in [0.25, 0.3) is 0 Å². The number of rotatable bonds is 15. The Balaban J connectivity index is 0.908. The highest BCUT2D eigenvalue weighted by atomic mass is 32.2. The first-order valence-corrected chi connectivity index (χ1v) is 17.4. The van der Waals surface area contributed by atoms with Gasteiger partial charge in [0, 0.05) is 65.3 Å². The van der Waals surface area contributed by atoms with Crippen molar-refractivity contribution in [3.05, 3.63) is 59.2 Å². The van der Waals surface area contributed by atoms with Crippen LogP contribution in [-0.2, 0) is 37.3 Å². The van der Waals surface area contributed by atoms with E-state index >= 15 is 0 Å². The maximum absolute atomic E-state index is 12.9. The van der Waals surface area contributed by atoms with E-state index < -0.39 is 15.8 Å². The number of hydrogen-bond donors (Lipinski definition) is 1. The van der Waals surface area contributed by atoms with Crippen LogP contribution in [0.4, 0.5) is 4.79 Å². The topological polar surface area (TPSA) is 107 Å². The predicted molar refractivity (Wildman–Crippen MR) is 167 cm³/mol. The lowest BCUT2D eigenvalue weighted by Crippen LogP contribution is -2.46. The Morgan fingerprint density at radius 3 is 2.57 bits per heavy atom. The lowest BCUT2D eigenvalue weighted by molar-refractivity contribution is -0.180. The molecule has 1 amide bonds. The van der Waals surface area contributed by atoms with Gasteiger partial charge in [-0.3, -0.25) is 0 Å². The summed E-state index contributed by atoms with van der Waals surface area (Å²) in [5.41, 5.74) is 2.99. The molecular formula is C33H47N3O7S. The van der Waals surface area contributed by atoms with Crippen molar-refractivity contribution in [1.29, 1.82) is 0 Å². The Hall–Kier alpha value is -2.70. The number of amides is 1. The van der Waals surface area contributed by atoms with Crippen LogP contribution < -0.4 is 10.1 Å². The van der Waals surface area contributed by atoms with Crippen molar-refractivity contribution in [2.75, 3.05) is 52.5 Å². The normalized spacial score (nSPS) is 20.3. The van der Waals surface area contributed by atoms with Crippen LogP contribution in [0.3, 0.4) is 0 Å². The van der Waals surface area contributed by atoms with Gasteiger partial charge < -0.3 is 29.2 Å². The number of cyclic esters (lactones) is 1. The molecule has 10 nitrogen and oxygen atoms in total. The van der Waals surface area contributed by atoms with Crippen LogP contribution in [-0.4, -0.2) is 82.0 Å². The highest BCUT2D eigenvalue weighted by molar-refractivity contribution is 7.89. The van der Waals surface area contributed by atoms with Crippen molar-refractivity contribution in [2.45, 2.75) is 82.2 Å². The molecular weight excluding hydrogens is 582 g/mol. The van der Waals surface area contributed by atoms with Gasteiger partial charge in [0.1, 0.15) is 11.9 Å². The summed E-state index contributed by atoms with van der Waals surface area (Å²) < 4.78 is 50.5. The number of piperazine rings is 1. The van der Waals surface area contributed by atoms with E-state index in [2.05, 4.69) is 5.32 Å². The third kappa shape index (κ3) is 8.72. The highest BCUT2D eigenvalue weighted by Gasteiger charge is 2.34. The largest absolute Gasteiger partial charge is 0.463 e. The molecule has 2 aromatic rings. The zero-order valence-electron chi connectivity index (χ0n) is 26.1. The minimum absolute atomic E-state index is 0.252. The van der Waals surface area contributed by atoms with Crippen molar-refractivity contribution >= 4 is 16.1 Å². The van der Waals surface area contributed by atoms with Gasteiger partial charge in [0.2, 0.25) is 15.8 Å². The van der Waals surface area contributed by atoms with E-state index in [1.807, 2.05) is 50.2 Å². The molecule has 0 saturated carbocycles. The number of fused-ring (bicyclic) bond motifs is 1. The number of benzene rings is 2. The van der Waals surface area contributed by atoms with E-state index in [0.717, 1.165) is 74.0 Å². The van der Waals surface area contributed by atoms with Crippen molar-refractivity contribution in [2.24, 2.45) is 0 Å². The first kappa shape index (κ1) is 32.7. The molecule has 0 aliphatic carbocycles. The van der Waals surface area contributed by atoms with Gasteiger partial charge in [-0.1, -0.05) is 31.0 Å². The summed E-state index contributed by atoms with van der Waals surface area (Å²) in [6.07, 6.45) is 6.23. The zero-order valence-corrected chi connectivity index (χ0v) is 26.9. The van der Waals surface area contributed by atoms with Crippen molar-refractivity contribution in [3.63, 3.8) is 0 Å². The molecule has 0 unspecified atom stereocenters. The average molecular weight is 630 g/mol. The van der Waals surface area contributed by atoms with E-state index in [-0.39, 0.29) is 12.2 Å². The van der Waals surface area contributed by atoms with E-state index in [1.165, 1.54) is 0 Å². The summed E-state index contributed by atoms with van der Waals surface area (Å²) in [6, 6.07) is 13.3. The Morgan fingerprint density at radius 2 is 1.75 bits per heavy atom.